The van der Waals surface area contributed by atoms with Gasteiger partial charge in [0.15, 0.2) is 0 Å². The molecular weight excluding hydrogens is 376 g/mol. The molecule has 0 unspecified atom stereocenters. The van der Waals surface area contributed by atoms with Gasteiger partial charge in [-0.05, 0) is 103 Å². The van der Waals surface area contributed by atoms with E-state index in [1.54, 1.807) is 5.57 Å². The van der Waals surface area contributed by atoms with Gasteiger partial charge in [0.25, 0.3) is 0 Å². The molecule has 1 spiro atoms. The van der Waals surface area contributed by atoms with Crippen molar-refractivity contribution in [1.82, 2.24) is 0 Å². The van der Waals surface area contributed by atoms with Gasteiger partial charge in [-0.15, -0.1) is 0 Å². The maximum absolute atomic E-state index is 7.10. The van der Waals surface area contributed by atoms with Gasteiger partial charge in [-0.3, -0.25) is 0 Å². The third kappa shape index (κ3) is 2.20. The lowest BCUT2D eigenvalue weighted by Crippen LogP contribution is -2.68. The minimum atomic E-state index is 0.0427. The van der Waals surface area contributed by atoms with E-state index in [0.29, 0.717) is 33.2 Å². The molecule has 8 atom stereocenters. The first-order valence-corrected chi connectivity index (χ1v) is 13.6. The summed E-state index contributed by atoms with van der Waals surface area (Å²) in [4.78, 5) is 0. The summed E-state index contributed by atoms with van der Waals surface area (Å²) < 4.78 is 7.10. The van der Waals surface area contributed by atoms with E-state index in [1.165, 1.54) is 64.2 Å². The molecule has 2 aliphatic heterocycles. The summed E-state index contributed by atoms with van der Waals surface area (Å²) in [6, 6.07) is 0. The highest BCUT2D eigenvalue weighted by Gasteiger charge is 2.75. The van der Waals surface area contributed by atoms with E-state index in [2.05, 4.69) is 61.5 Å². The maximum atomic E-state index is 7.10. The molecular formula is C30H48O. The SMILES string of the molecule is CC1(C)CC[C@]2(C)CC[C@]3(C)[C@H]4CC=C5C(C)(C)[C@@H]6CC[C@]5(O6)[C@]4(C)CC[C@@]3(C)[C@@H]2C1. The van der Waals surface area contributed by atoms with Crippen LogP contribution in [0, 0.1) is 44.3 Å². The van der Waals surface area contributed by atoms with Crippen LogP contribution in [0.5, 0.6) is 0 Å². The Morgan fingerprint density at radius 1 is 0.710 bits per heavy atom. The Bertz CT molecular complexity index is 850. The van der Waals surface area contributed by atoms with Crippen molar-refractivity contribution in [2.75, 3.05) is 0 Å². The van der Waals surface area contributed by atoms with Crippen LogP contribution in [0.25, 0.3) is 0 Å². The van der Waals surface area contributed by atoms with Gasteiger partial charge in [-0.1, -0.05) is 61.5 Å². The molecule has 3 saturated carbocycles. The molecule has 6 rings (SSSR count). The van der Waals surface area contributed by atoms with Crippen molar-refractivity contribution in [2.45, 2.75) is 131 Å². The summed E-state index contributed by atoms with van der Waals surface area (Å²) in [5.41, 5.74) is 4.27. The Morgan fingerprint density at radius 3 is 2.06 bits per heavy atom. The second-order valence-corrected chi connectivity index (χ2v) is 15.4. The van der Waals surface area contributed by atoms with Gasteiger partial charge in [0.1, 0.15) is 0 Å². The summed E-state index contributed by atoms with van der Waals surface area (Å²) in [7, 11) is 0. The fourth-order valence-electron chi connectivity index (χ4n) is 11.1. The normalized spacial score (nSPS) is 58.6. The number of fused-ring (bicyclic) bond motifs is 6. The van der Waals surface area contributed by atoms with Crippen LogP contribution >= 0.6 is 0 Å². The largest absolute Gasteiger partial charge is 0.366 e. The predicted octanol–water partition coefficient (Wildman–Crippen LogP) is 8.33. The summed E-state index contributed by atoms with van der Waals surface area (Å²) >= 11 is 0. The number of hydrogen-bond acceptors (Lipinski definition) is 1. The lowest BCUT2D eigenvalue weighted by Gasteiger charge is -2.73. The molecule has 2 bridgehead atoms. The predicted molar refractivity (Wildman–Crippen MR) is 129 cm³/mol. The van der Waals surface area contributed by atoms with Crippen molar-refractivity contribution < 1.29 is 4.74 Å². The van der Waals surface area contributed by atoms with E-state index in [-0.39, 0.29) is 11.0 Å². The van der Waals surface area contributed by atoms with Crippen LogP contribution in [0.15, 0.2) is 11.6 Å². The van der Waals surface area contributed by atoms with E-state index >= 15 is 0 Å². The molecule has 0 amide bonds. The van der Waals surface area contributed by atoms with Crippen molar-refractivity contribution in [3.63, 3.8) is 0 Å². The van der Waals surface area contributed by atoms with Crippen LogP contribution in [0.2, 0.25) is 0 Å². The van der Waals surface area contributed by atoms with Gasteiger partial charge in [0, 0.05) is 10.8 Å². The zero-order valence-corrected chi connectivity index (χ0v) is 21.8. The Labute approximate surface area is 192 Å². The molecule has 0 radical (unpaired) electrons. The van der Waals surface area contributed by atoms with Crippen LogP contribution in [0.1, 0.15) is 120 Å². The number of allylic oxidation sites excluding steroid dienone is 1. The van der Waals surface area contributed by atoms with Crippen LogP contribution in [-0.4, -0.2) is 11.7 Å². The molecule has 0 aromatic heterocycles. The Morgan fingerprint density at radius 2 is 1.32 bits per heavy atom. The molecule has 1 heteroatoms. The van der Waals surface area contributed by atoms with Gasteiger partial charge in [0.05, 0.1) is 11.7 Å². The lowest BCUT2D eigenvalue weighted by molar-refractivity contribution is -0.249. The highest BCUT2D eigenvalue weighted by atomic mass is 16.5. The lowest BCUT2D eigenvalue weighted by atomic mass is 9.31. The highest BCUT2D eigenvalue weighted by molar-refractivity contribution is 5.41. The molecule has 6 aliphatic rings. The average molecular weight is 425 g/mol. The van der Waals surface area contributed by atoms with Gasteiger partial charge in [0.2, 0.25) is 0 Å². The van der Waals surface area contributed by atoms with Crippen LogP contribution < -0.4 is 0 Å². The zero-order chi connectivity index (χ0) is 22.3. The summed E-state index contributed by atoms with van der Waals surface area (Å²) in [6.45, 7) is 20.9. The third-order valence-electron chi connectivity index (χ3n) is 13.5. The van der Waals surface area contributed by atoms with E-state index in [4.69, 9.17) is 4.74 Å². The molecule has 4 aliphatic carbocycles. The smallest absolute Gasteiger partial charge is 0.0959 e. The Kier molecular flexibility index (Phi) is 3.88. The zero-order valence-electron chi connectivity index (χ0n) is 21.8. The average Bonchev–Trinajstić information content (AvgIpc) is 3.22. The molecule has 2 heterocycles. The highest BCUT2D eigenvalue weighted by Crippen LogP contribution is 2.79. The van der Waals surface area contributed by atoms with Gasteiger partial charge in [-0.2, -0.15) is 0 Å². The van der Waals surface area contributed by atoms with Crippen LogP contribution in [-0.2, 0) is 4.74 Å². The molecule has 0 aromatic rings. The van der Waals surface area contributed by atoms with Gasteiger partial charge in [-0.25, -0.2) is 0 Å². The maximum Gasteiger partial charge on any atom is 0.0959 e. The fourth-order valence-corrected chi connectivity index (χ4v) is 11.1. The van der Waals surface area contributed by atoms with Crippen molar-refractivity contribution in [3.8, 4) is 0 Å². The van der Waals surface area contributed by atoms with Crippen molar-refractivity contribution in [1.29, 1.82) is 0 Å². The summed E-state index contributed by atoms with van der Waals surface area (Å²) in [5, 5.41) is 0. The molecule has 31 heavy (non-hydrogen) atoms. The standard InChI is InChI=1S/C30H48O/c1-24(2)13-14-26(5)15-16-27(6)21-10-9-20-25(3,4)23-11-12-30(20,31-23)29(21,8)18-17-28(27,7)22(26)19-24/h9,21-23H,10-19H2,1-8H3/t21-,22-,23+,26-,27-,28+,29-,30-/m1/s1. The number of rotatable bonds is 0. The van der Waals surface area contributed by atoms with Gasteiger partial charge < -0.3 is 4.74 Å². The molecule has 174 valence electrons. The van der Waals surface area contributed by atoms with Crippen molar-refractivity contribution in [3.05, 3.63) is 11.6 Å². The minimum Gasteiger partial charge on any atom is -0.366 e. The summed E-state index contributed by atoms with van der Waals surface area (Å²) in [6.07, 6.45) is 17.0. The molecule has 5 fully saturated rings. The molecule has 2 saturated heterocycles. The van der Waals surface area contributed by atoms with E-state index in [9.17, 15) is 0 Å². The Balaban J connectivity index is 1.46. The fraction of sp³-hybridized carbons (Fsp3) is 0.933. The van der Waals surface area contributed by atoms with Crippen LogP contribution in [0.4, 0.5) is 0 Å². The minimum absolute atomic E-state index is 0.0427. The first kappa shape index (κ1) is 21.2. The van der Waals surface area contributed by atoms with E-state index in [0.717, 1.165) is 11.8 Å². The second-order valence-electron chi connectivity index (χ2n) is 15.4. The molecule has 0 aromatic carbocycles. The monoisotopic (exact) mass is 424 g/mol. The number of ether oxygens (including phenoxy) is 1. The van der Waals surface area contributed by atoms with Crippen molar-refractivity contribution >= 4 is 0 Å². The van der Waals surface area contributed by atoms with Crippen molar-refractivity contribution in [2.24, 2.45) is 44.3 Å². The quantitative estimate of drug-likeness (QED) is 0.355. The summed E-state index contributed by atoms with van der Waals surface area (Å²) in [5.74, 6) is 1.65. The van der Waals surface area contributed by atoms with E-state index < -0.39 is 0 Å². The third-order valence-corrected chi connectivity index (χ3v) is 13.5. The first-order valence-electron chi connectivity index (χ1n) is 13.6. The first-order chi connectivity index (χ1) is 14.2. The second kappa shape index (κ2) is 5.67. The Hall–Kier alpha value is -0.300. The topological polar surface area (TPSA) is 9.23 Å². The number of hydrogen-bond donors (Lipinski definition) is 0. The van der Waals surface area contributed by atoms with Gasteiger partial charge >= 0.3 is 0 Å². The van der Waals surface area contributed by atoms with Crippen LogP contribution in [0.3, 0.4) is 0 Å². The van der Waals surface area contributed by atoms with E-state index in [1.807, 2.05) is 0 Å². The molecule has 0 N–H and O–H groups in total. The molecule has 1 nitrogen and oxygen atoms in total.